The molecule has 1 atom stereocenters. The largest absolute Gasteiger partial charge is 0.480 e. The first-order chi connectivity index (χ1) is 7.11. The number of carboxylic acid groups (broad SMARTS) is 1. The van der Waals surface area contributed by atoms with E-state index < -0.39 is 10.8 Å². The summed E-state index contributed by atoms with van der Waals surface area (Å²) < 4.78 is 0. The lowest BCUT2D eigenvalue weighted by atomic mass is 10.1. The molecule has 0 aliphatic rings. The number of rotatable bonds is 5. The van der Waals surface area contributed by atoms with Crippen LogP contribution in [0, 0.1) is 0 Å². The van der Waals surface area contributed by atoms with Crippen molar-refractivity contribution in [3.8, 4) is 0 Å². The quantitative estimate of drug-likeness (QED) is 0.843. The third kappa shape index (κ3) is 4.22. The Morgan fingerprint density at radius 3 is 2.73 bits per heavy atom. The molecule has 0 spiro atoms. The average molecular weight is 292 g/mol. The molecule has 0 radical (unpaired) electrons. The van der Waals surface area contributed by atoms with Crippen molar-refractivity contribution in [1.29, 1.82) is 0 Å². The molecule has 0 heterocycles. The van der Waals surface area contributed by atoms with Gasteiger partial charge in [-0.2, -0.15) is 0 Å². The van der Waals surface area contributed by atoms with Gasteiger partial charge in [0.1, 0.15) is 4.83 Å². The molecule has 1 aromatic rings. The summed E-state index contributed by atoms with van der Waals surface area (Å²) in [5, 5.41) is 9.41. The molecule has 0 amide bonds. The van der Waals surface area contributed by atoms with E-state index in [0.717, 1.165) is 23.4 Å². The average Bonchev–Trinajstić information content (AvgIpc) is 2.20. The SMILES string of the molecule is O=C(O)C(Br)CCCc1ccccc1Cl. The number of aryl methyl sites for hydroxylation is 1. The van der Waals surface area contributed by atoms with Gasteiger partial charge in [0.15, 0.2) is 0 Å². The van der Waals surface area contributed by atoms with Crippen LogP contribution in [0.5, 0.6) is 0 Å². The van der Waals surface area contributed by atoms with E-state index in [2.05, 4.69) is 15.9 Å². The minimum Gasteiger partial charge on any atom is -0.480 e. The van der Waals surface area contributed by atoms with Crippen molar-refractivity contribution in [1.82, 2.24) is 0 Å². The monoisotopic (exact) mass is 290 g/mol. The summed E-state index contributed by atoms with van der Waals surface area (Å²) in [5.41, 5.74) is 1.07. The minimum atomic E-state index is -0.811. The molecule has 0 fully saturated rings. The lowest BCUT2D eigenvalue weighted by Crippen LogP contribution is -2.12. The van der Waals surface area contributed by atoms with Crippen LogP contribution in [-0.2, 0) is 11.2 Å². The zero-order valence-electron chi connectivity index (χ0n) is 8.12. The molecule has 0 aliphatic carbocycles. The molecule has 0 aromatic heterocycles. The number of alkyl halides is 1. The van der Waals surface area contributed by atoms with Gasteiger partial charge < -0.3 is 5.11 Å². The maximum atomic E-state index is 10.5. The number of benzene rings is 1. The van der Waals surface area contributed by atoms with Gasteiger partial charge in [-0.05, 0) is 30.9 Å². The highest BCUT2D eigenvalue weighted by atomic mass is 79.9. The molecule has 1 N–H and O–H groups in total. The third-order valence-corrected chi connectivity index (χ3v) is 3.35. The van der Waals surface area contributed by atoms with Crippen LogP contribution >= 0.6 is 27.5 Å². The maximum absolute atomic E-state index is 10.5. The van der Waals surface area contributed by atoms with Gasteiger partial charge >= 0.3 is 5.97 Å². The Morgan fingerprint density at radius 1 is 1.47 bits per heavy atom. The topological polar surface area (TPSA) is 37.3 Å². The van der Waals surface area contributed by atoms with Gasteiger partial charge in [0.05, 0.1) is 0 Å². The molecule has 0 bridgehead atoms. The van der Waals surface area contributed by atoms with E-state index in [1.54, 1.807) is 0 Å². The summed E-state index contributed by atoms with van der Waals surface area (Å²) in [7, 11) is 0. The first-order valence-corrected chi connectivity index (χ1v) is 6.01. The number of halogens is 2. The van der Waals surface area contributed by atoms with Crippen molar-refractivity contribution in [2.75, 3.05) is 0 Å². The summed E-state index contributed by atoms with van der Waals surface area (Å²) in [6.45, 7) is 0. The van der Waals surface area contributed by atoms with Gasteiger partial charge in [0.2, 0.25) is 0 Å². The lowest BCUT2D eigenvalue weighted by Gasteiger charge is -2.05. The number of hydrogen-bond donors (Lipinski definition) is 1. The van der Waals surface area contributed by atoms with E-state index in [9.17, 15) is 4.79 Å². The van der Waals surface area contributed by atoms with Crippen molar-refractivity contribution >= 4 is 33.5 Å². The standard InChI is InChI=1S/C11H12BrClO2/c12-9(11(14)15)6-3-5-8-4-1-2-7-10(8)13/h1-2,4,7,9H,3,5-6H2,(H,14,15). The fourth-order valence-electron chi connectivity index (χ4n) is 1.30. The summed E-state index contributed by atoms with van der Waals surface area (Å²) in [5.74, 6) is -0.811. The molecular weight excluding hydrogens is 279 g/mol. The highest BCUT2D eigenvalue weighted by Gasteiger charge is 2.12. The second kappa shape index (κ2) is 6.13. The van der Waals surface area contributed by atoms with Crippen LogP contribution in [0.1, 0.15) is 18.4 Å². The number of carbonyl (C=O) groups is 1. The number of hydrogen-bond acceptors (Lipinski definition) is 1. The molecule has 2 nitrogen and oxygen atoms in total. The zero-order chi connectivity index (χ0) is 11.3. The Bertz CT molecular complexity index is 341. The first kappa shape index (κ1) is 12.5. The van der Waals surface area contributed by atoms with Gasteiger partial charge in [-0.25, -0.2) is 0 Å². The highest BCUT2D eigenvalue weighted by Crippen LogP contribution is 2.18. The minimum absolute atomic E-state index is 0.458. The molecule has 15 heavy (non-hydrogen) atoms. The molecular formula is C11H12BrClO2. The van der Waals surface area contributed by atoms with Crippen LogP contribution in [0.15, 0.2) is 24.3 Å². The molecule has 1 aromatic carbocycles. The van der Waals surface area contributed by atoms with E-state index in [-0.39, 0.29) is 0 Å². The van der Waals surface area contributed by atoms with Gasteiger partial charge in [0.25, 0.3) is 0 Å². The predicted octanol–water partition coefficient (Wildman–Crippen LogP) is 3.51. The molecule has 4 heteroatoms. The first-order valence-electron chi connectivity index (χ1n) is 4.71. The fourth-order valence-corrected chi connectivity index (χ4v) is 1.85. The molecule has 82 valence electrons. The van der Waals surface area contributed by atoms with E-state index in [4.69, 9.17) is 16.7 Å². The van der Waals surface area contributed by atoms with Crippen molar-refractivity contribution < 1.29 is 9.90 Å². The Kier molecular flexibility index (Phi) is 5.12. The van der Waals surface area contributed by atoms with Crippen LogP contribution in [0.4, 0.5) is 0 Å². The highest BCUT2D eigenvalue weighted by molar-refractivity contribution is 9.10. The lowest BCUT2D eigenvalue weighted by molar-refractivity contribution is -0.136. The Labute approximate surface area is 102 Å². The predicted molar refractivity (Wildman–Crippen MR) is 64.7 cm³/mol. The maximum Gasteiger partial charge on any atom is 0.317 e. The second-order valence-corrected chi connectivity index (χ2v) is 4.80. The second-order valence-electron chi connectivity index (χ2n) is 3.29. The van der Waals surface area contributed by atoms with Crippen LogP contribution in [0.3, 0.4) is 0 Å². The number of aliphatic carboxylic acids is 1. The van der Waals surface area contributed by atoms with Crippen molar-refractivity contribution in [3.63, 3.8) is 0 Å². The van der Waals surface area contributed by atoms with Crippen molar-refractivity contribution in [2.24, 2.45) is 0 Å². The normalized spacial score (nSPS) is 12.4. The Morgan fingerprint density at radius 2 is 2.13 bits per heavy atom. The van der Waals surface area contributed by atoms with Gasteiger partial charge in [-0.3, -0.25) is 4.79 Å². The number of carboxylic acids is 1. The molecule has 1 unspecified atom stereocenters. The van der Waals surface area contributed by atoms with Crippen molar-refractivity contribution in [3.05, 3.63) is 34.9 Å². The van der Waals surface area contributed by atoms with Gasteiger partial charge in [0, 0.05) is 5.02 Å². The van der Waals surface area contributed by atoms with Crippen LogP contribution < -0.4 is 0 Å². The molecule has 0 saturated carbocycles. The van der Waals surface area contributed by atoms with Crippen molar-refractivity contribution in [2.45, 2.75) is 24.1 Å². The summed E-state index contributed by atoms with van der Waals surface area (Å²) >= 11 is 9.08. The smallest absolute Gasteiger partial charge is 0.317 e. The van der Waals surface area contributed by atoms with E-state index >= 15 is 0 Å². The summed E-state index contributed by atoms with van der Waals surface area (Å²) in [6.07, 6.45) is 2.24. The zero-order valence-corrected chi connectivity index (χ0v) is 10.5. The molecule has 0 aliphatic heterocycles. The van der Waals surface area contributed by atoms with Gasteiger partial charge in [-0.1, -0.05) is 45.7 Å². The van der Waals surface area contributed by atoms with Crippen LogP contribution in [-0.4, -0.2) is 15.9 Å². The summed E-state index contributed by atoms with van der Waals surface area (Å²) in [6, 6.07) is 7.63. The van der Waals surface area contributed by atoms with E-state index in [0.29, 0.717) is 6.42 Å². The Balaban J connectivity index is 2.38. The van der Waals surface area contributed by atoms with Crippen LogP contribution in [0.2, 0.25) is 5.02 Å². The fraction of sp³-hybridized carbons (Fsp3) is 0.364. The van der Waals surface area contributed by atoms with E-state index in [1.165, 1.54) is 0 Å². The molecule has 0 saturated heterocycles. The third-order valence-electron chi connectivity index (χ3n) is 2.13. The van der Waals surface area contributed by atoms with Crippen LogP contribution in [0.25, 0.3) is 0 Å². The molecule has 1 rings (SSSR count). The van der Waals surface area contributed by atoms with E-state index in [1.807, 2.05) is 24.3 Å². The van der Waals surface area contributed by atoms with Gasteiger partial charge in [-0.15, -0.1) is 0 Å². The Hall–Kier alpha value is -0.540. The summed E-state index contributed by atoms with van der Waals surface area (Å²) in [4.78, 5) is 10.1.